The van der Waals surface area contributed by atoms with E-state index in [0.717, 1.165) is 6.54 Å². The highest BCUT2D eigenvalue weighted by Gasteiger charge is 2.26. The van der Waals surface area contributed by atoms with Crippen molar-refractivity contribution >= 4 is 0 Å². The Morgan fingerprint density at radius 3 is 2.88 bits per heavy atom. The molecule has 0 bridgehead atoms. The van der Waals surface area contributed by atoms with Crippen LogP contribution >= 0.6 is 0 Å². The van der Waals surface area contributed by atoms with Gasteiger partial charge in [0.05, 0.1) is 11.9 Å². The summed E-state index contributed by atoms with van der Waals surface area (Å²) in [5.74, 6) is 0.587. The first-order valence-electron chi connectivity index (χ1n) is 6.91. The lowest BCUT2D eigenvalue weighted by atomic mass is 9.91. The van der Waals surface area contributed by atoms with Gasteiger partial charge in [0.2, 0.25) is 0 Å². The second-order valence-corrected chi connectivity index (χ2v) is 5.09. The molecule has 2 unspecified atom stereocenters. The van der Waals surface area contributed by atoms with Gasteiger partial charge >= 0.3 is 0 Å². The fourth-order valence-corrected chi connectivity index (χ4v) is 2.87. The van der Waals surface area contributed by atoms with Crippen LogP contribution < -0.4 is 5.32 Å². The second-order valence-electron chi connectivity index (χ2n) is 5.09. The molecular weight excluding hydrogens is 212 g/mol. The Balaban J connectivity index is 2.11. The summed E-state index contributed by atoms with van der Waals surface area (Å²) in [4.78, 5) is 0. The predicted octanol–water partition coefficient (Wildman–Crippen LogP) is 2.23. The average Bonchev–Trinajstić information content (AvgIpc) is 2.63. The Hall–Kier alpha value is -0.900. The van der Waals surface area contributed by atoms with Crippen LogP contribution in [-0.2, 0) is 7.05 Å². The Morgan fingerprint density at radius 2 is 2.18 bits per heavy atom. The van der Waals surface area contributed by atoms with Gasteiger partial charge in [0, 0.05) is 19.0 Å². The third kappa shape index (κ3) is 3.06. The van der Waals surface area contributed by atoms with E-state index in [0.29, 0.717) is 12.0 Å². The van der Waals surface area contributed by atoms with Gasteiger partial charge in [-0.1, -0.05) is 31.4 Å². The lowest BCUT2D eigenvalue weighted by Crippen LogP contribution is -2.35. The minimum absolute atomic E-state index is 0.587. The van der Waals surface area contributed by atoms with Crippen molar-refractivity contribution in [1.82, 2.24) is 20.3 Å². The van der Waals surface area contributed by atoms with Crippen molar-refractivity contribution in [3.63, 3.8) is 0 Å². The Labute approximate surface area is 104 Å². The molecule has 17 heavy (non-hydrogen) atoms. The topological polar surface area (TPSA) is 42.7 Å². The van der Waals surface area contributed by atoms with Crippen molar-refractivity contribution in [3.8, 4) is 0 Å². The van der Waals surface area contributed by atoms with Crippen LogP contribution in [0.25, 0.3) is 0 Å². The molecule has 1 aliphatic rings. The predicted molar refractivity (Wildman–Crippen MR) is 68.9 cm³/mol. The maximum Gasteiger partial charge on any atom is 0.0728 e. The van der Waals surface area contributed by atoms with Crippen LogP contribution in [0.2, 0.25) is 0 Å². The molecule has 1 aromatic heterocycles. The van der Waals surface area contributed by atoms with E-state index in [1.165, 1.54) is 44.2 Å². The number of aryl methyl sites for hydroxylation is 1. The van der Waals surface area contributed by atoms with Crippen LogP contribution in [0, 0.1) is 0 Å². The maximum atomic E-state index is 4.08. The molecule has 0 aromatic carbocycles. The summed E-state index contributed by atoms with van der Waals surface area (Å²) in [6.45, 7) is 3.34. The molecule has 0 radical (unpaired) electrons. The van der Waals surface area contributed by atoms with E-state index < -0.39 is 0 Å². The minimum atomic E-state index is 0.587. The molecule has 0 spiro atoms. The zero-order valence-corrected chi connectivity index (χ0v) is 11.0. The van der Waals surface area contributed by atoms with E-state index in [4.69, 9.17) is 0 Å². The number of nitrogens with zero attached hydrogens (tertiary/aromatic N) is 3. The standard InChI is InChI=1S/C13H24N4/c1-3-9-14-12-8-6-4-5-7-11(12)13-10-15-16-17(13)2/h10-12,14H,3-9H2,1-2H3. The first-order chi connectivity index (χ1) is 8.33. The number of nitrogens with one attached hydrogen (secondary N) is 1. The van der Waals surface area contributed by atoms with E-state index in [1.807, 2.05) is 17.9 Å². The second kappa shape index (κ2) is 6.15. The highest BCUT2D eigenvalue weighted by atomic mass is 15.4. The van der Waals surface area contributed by atoms with Gasteiger partial charge in [-0.2, -0.15) is 0 Å². The fourth-order valence-electron chi connectivity index (χ4n) is 2.87. The van der Waals surface area contributed by atoms with E-state index in [2.05, 4.69) is 22.6 Å². The summed E-state index contributed by atoms with van der Waals surface area (Å²) in [7, 11) is 2.00. The molecule has 1 aliphatic carbocycles. The lowest BCUT2D eigenvalue weighted by Gasteiger charge is -2.25. The molecule has 1 saturated carbocycles. The Kier molecular flexibility index (Phi) is 4.54. The highest BCUT2D eigenvalue weighted by Crippen LogP contribution is 2.31. The van der Waals surface area contributed by atoms with Crippen LogP contribution in [0.3, 0.4) is 0 Å². The lowest BCUT2D eigenvalue weighted by molar-refractivity contribution is 0.395. The summed E-state index contributed by atoms with van der Waals surface area (Å²) in [5.41, 5.74) is 1.29. The van der Waals surface area contributed by atoms with Crippen molar-refractivity contribution in [1.29, 1.82) is 0 Å². The van der Waals surface area contributed by atoms with Crippen molar-refractivity contribution in [2.75, 3.05) is 6.54 Å². The first kappa shape index (κ1) is 12.6. The van der Waals surface area contributed by atoms with Gasteiger partial charge in [0.1, 0.15) is 0 Å². The monoisotopic (exact) mass is 236 g/mol. The van der Waals surface area contributed by atoms with Crippen molar-refractivity contribution in [2.45, 2.75) is 57.4 Å². The molecule has 0 aliphatic heterocycles. The van der Waals surface area contributed by atoms with E-state index >= 15 is 0 Å². The fraction of sp³-hybridized carbons (Fsp3) is 0.846. The summed E-state index contributed by atoms with van der Waals surface area (Å²) < 4.78 is 1.94. The van der Waals surface area contributed by atoms with Gasteiger partial charge in [-0.3, -0.25) is 4.68 Å². The molecule has 2 atom stereocenters. The van der Waals surface area contributed by atoms with Crippen molar-refractivity contribution in [2.24, 2.45) is 7.05 Å². The van der Waals surface area contributed by atoms with E-state index in [1.54, 1.807) is 0 Å². The Morgan fingerprint density at radius 1 is 1.35 bits per heavy atom. The molecule has 1 aromatic rings. The first-order valence-corrected chi connectivity index (χ1v) is 6.91. The molecule has 1 N–H and O–H groups in total. The van der Waals surface area contributed by atoms with Crippen molar-refractivity contribution < 1.29 is 0 Å². The normalized spacial score (nSPS) is 25.8. The SMILES string of the molecule is CCCNC1CCCCCC1c1cnnn1C. The zero-order chi connectivity index (χ0) is 12.1. The van der Waals surface area contributed by atoms with Gasteiger partial charge in [-0.15, -0.1) is 5.10 Å². The third-order valence-corrected chi connectivity index (χ3v) is 3.80. The third-order valence-electron chi connectivity index (χ3n) is 3.80. The van der Waals surface area contributed by atoms with Gasteiger partial charge in [-0.05, 0) is 25.8 Å². The average molecular weight is 236 g/mol. The molecule has 0 saturated heterocycles. The molecular formula is C13H24N4. The smallest absolute Gasteiger partial charge is 0.0728 e. The molecule has 4 nitrogen and oxygen atoms in total. The summed E-state index contributed by atoms with van der Waals surface area (Å²) >= 11 is 0. The molecule has 1 heterocycles. The summed E-state index contributed by atoms with van der Waals surface area (Å²) in [5, 5.41) is 11.8. The van der Waals surface area contributed by atoms with Gasteiger partial charge < -0.3 is 5.32 Å². The van der Waals surface area contributed by atoms with Gasteiger partial charge in [0.25, 0.3) is 0 Å². The number of hydrogen-bond acceptors (Lipinski definition) is 3. The highest BCUT2D eigenvalue weighted by molar-refractivity contribution is 5.08. The van der Waals surface area contributed by atoms with Gasteiger partial charge in [-0.25, -0.2) is 0 Å². The number of aromatic nitrogens is 3. The van der Waals surface area contributed by atoms with Crippen molar-refractivity contribution in [3.05, 3.63) is 11.9 Å². The van der Waals surface area contributed by atoms with Crippen LogP contribution in [0.1, 0.15) is 57.1 Å². The van der Waals surface area contributed by atoms with Crippen LogP contribution in [0.5, 0.6) is 0 Å². The maximum absolute atomic E-state index is 4.08. The zero-order valence-electron chi connectivity index (χ0n) is 11.0. The summed E-state index contributed by atoms with van der Waals surface area (Å²) in [6.07, 6.45) is 9.75. The van der Waals surface area contributed by atoms with Crippen LogP contribution in [-0.4, -0.2) is 27.6 Å². The number of rotatable bonds is 4. The Bertz CT molecular complexity index is 334. The van der Waals surface area contributed by atoms with Crippen LogP contribution in [0.15, 0.2) is 6.20 Å². The quantitative estimate of drug-likeness (QED) is 0.815. The largest absolute Gasteiger partial charge is 0.313 e. The van der Waals surface area contributed by atoms with Gasteiger partial charge in [0.15, 0.2) is 0 Å². The summed E-state index contributed by atoms with van der Waals surface area (Å²) in [6, 6.07) is 0.606. The minimum Gasteiger partial charge on any atom is -0.313 e. The molecule has 96 valence electrons. The number of hydrogen-bond donors (Lipinski definition) is 1. The molecule has 0 amide bonds. The molecule has 2 rings (SSSR count). The van der Waals surface area contributed by atoms with E-state index in [-0.39, 0.29) is 0 Å². The molecule has 1 fully saturated rings. The van der Waals surface area contributed by atoms with Crippen LogP contribution in [0.4, 0.5) is 0 Å². The molecule has 4 heteroatoms. The van der Waals surface area contributed by atoms with E-state index in [9.17, 15) is 0 Å².